The zero-order valence-corrected chi connectivity index (χ0v) is 5.32. The van der Waals surface area contributed by atoms with Gasteiger partial charge in [-0.25, -0.2) is 4.39 Å². The summed E-state index contributed by atoms with van der Waals surface area (Å²) >= 11 is 5.36. The van der Waals surface area contributed by atoms with Crippen LogP contribution in [0.25, 0.3) is 0 Å². The van der Waals surface area contributed by atoms with E-state index in [1.54, 1.807) is 6.07 Å². The molecule has 0 saturated heterocycles. The summed E-state index contributed by atoms with van der Waals surface area (Å²) in [6.07, 6.45) is 0. The van der Waals surface area contributed by atoms with E-state index in [1.807, 2.05) is 0 Å². The second kappa shape index (κ2) is 2.40. The van der Waals surface area contributed by atoms with Crippen LogP contribution in [-0.2, 0) is 0 Å². The van der Waals surface area contributed by atoms with Crippen LogP contribution in [0.2, 0.25) is 5.02 Å². The first-order chi connectivity index (χ1) is 4.22. The van der Waals surface area contributed by atoms with Gasteiger partial charge in [-0.15, -0.1) is 0 Å². The number of hydrogen-bond acceptors (Lipinski definition) is 0. The largest absolute Gasteiger partial charge is 0.206 e. The van der Waals surface area contributed by atoms with Gasteiger partial charge < -0.3 is 0 Å². The van der Waals surface area contributed by atoms with Crippen LogP contribution < -0.4 is 5.46 Å². The fourth-order valence-electron chi connectivity index (χ4n) is 0.520. The van der Waals surface area contributed by atoms with Gasteiger partial charge in [0.05, 0.1) is 5.02 Å². The van der Waals surface area contributed by atoms with Crippen LogP contribution in [0.1, 0.15) is 0 Å². The highest BCUT2D eigenvalue weighted by atomic mass is 35.5. The van der Waals surface area contributed by atoms with Gasteiger partial charge in [0.25, 0.3) is 0 Å². The first kappa shape index (κ1) is 6.62. The Bertz CT molecular complexity index is 204. The van der Waals surface area contributed by atoms with Crippen molar-refractivity contribution in [2.75, 3.05) is 0 Å². The molecule has 0 fully saturated rings. The van der Waals surface area contributed by atoms with Crippen LogP contribution in [0.15, 0.2) is 18.2 Å². The van der Waals surface area contributed by atoms with Crippen molar-refractivity contribution < 1.29 is 4.39 Å². The molecule has 0 saturated carbocycles. The van der Waals surface area contributed by atoms with Gasteiger partial charge in [0.2, 0.25) is 0 Å². The van der Waals surface area contributed by atoms with E-state index in [0.29, 0.717) is 0 Å². The van der Waals surface area contributed by atoms with E-state index in [9.17, 15) is 4.39 Å². The summed E-state index contributed by atoms with van der Waals surface area (Å²) in [5, 5.41) is 0.0648. The molecule has 0 nitrogen and oxygen atoms in total. The fourth-order valence-corrected chi connectivity index (χ4v) is 0.702. The molecule has 9 heavy (non-hydrogen) atoms. The molecule has 44 valence electrons. The van der Waals surface area contributed by atoms with Crippen molar-refractivity contribution in [3.05, 3.63) is 29.0 Å². The second-order valence-corrected chi connectivity index (χ2v) is 2.05. The van der Waals surface area contributed by atoms with Gasteiger partial charge in [0.1, 0.15) is 13.7 Å². The average Bonchev–Trinajstić information content (AvgIpc) is 1.83. The molecule has 0 aliphatic heterocycles. The molecular weight excluding hydrogens is 137 g/mol. The van der Waals surface area contributed by atoms with Crippen molar-refractivity contribution in [3.8, 4) is 0 Å². The first-order valence-electron chi connectivity index (χ1n) is 2.41. The molecule has 1 aromatic rings. The predicted molar refractivity (Wildman–Crippen MR) is 36.8 cm³/mol. The molecule has 0 heterocycles. The normalized spacial score (nSPS) is 9.56. The van der Waals surface area contributed by atoms with Crippen molar-refractivity contribution >= 4 is 24.9 Å². The van der Waals surface area contributed by atoms with Crippen molar-refractivity contribution in [3.63, 3.8) is 0 Å². The summed E-state index contributed by atoms with van der Waals surface area (Å²) in [6.45, 7) is 0. The zero-order valence-electron chi connectivity index (χ0n) is 4.57. The van der Waals surface area contributed by atoms with Crippen LogP contribution in [0, 0.1) is 5.82 Å². The molecule has 1 rings (SSSR count). The minimum atomic E-state index is -0.542. The predicted octanol–water partition coefficient (Wildman–Crippen LogP) is 1.27. The van der Waals surface area contributed by atoms with E-state index < -0.39 is 5.82 Å². The van der Waals surface area contributed by atoms with E-state index in [1.165, 1.54) is 12.1 Å². The van der Waals surface area contributed by atoms with Crippen LogP contribution in [0.5, 0.6) is 0 Å². The van der Waals surface area contributed by atoms with Crippen molar-refractivity contribution in [2.45, 2.75) is 0 Å². The lowest BCUT2D eigenvalue weighted by atomic mass is 9.96. The third kappa shape index (κ3) is 1.25. The number of hydrogen-bond donors (Lipinski definition) is 0. The lowest BCUT2D eigenvalue weighted by Gasteiger charge is -1.95. The lowest BCUT2D eigenvalue weighted by molar-refractivity contribution is 0.636. The molecule has 0 N–H and O–H groups in total. The van der Waals surface area contributed by atoms with Crippen LogP contribution in [0.3, 0.4) is 0 Å². The highest BCUT2D eigenvalue weighted by Crippen LogP contribution is 2.09. The molecule has 0 aromatic heterocycles. The maximum absolute atomic E-state index is 12.5. The Kier molecular flexibility index (Phi) is 1.77. The third-order valence-electron chi connectivity index (χ3n) is 0.981. The maximum atomic E-state index is 12.5. The summed E-state index contributed by atoms with van der Waals surface area (Å²) in [7, 11) is 5.16. The van der Waals surface area contributed by atoms with Gasteiger partial charge in [-0.1, -0.05) is 29.2 Å². The Hall–Kier alpha value is -0.495. The quantitative estimate of drug-likeness (QED) is 0.476. The van der Waals surface area contributed by atoms with Crippen molar-refractivity contribution in [1.82, 2.24) is 0 Å². The average molecular weight is 140 g/mol. The van der Waals surface area contributed by atoms with Crippen LogP contribution in [-0.4, -0.2) is 7.85 Å². The Morgan fingerprint density at radius 2 is 2.11 bits per heavy atom. The van der Waals surface area contributed by atoms with E-state index >= 15 is 0 Å². The number of halogens is 2. The SMILES string of the molecule is [B]c1cccc(Cl)c1F. The molecule has 3 heteroatoms. The van der Waals surface area contributed by atoms with Gasteiger partial charge in [0.15, 0.2) is 0 Å². The number of benzene rings is 1. The van der Waals surface area contributed by atoms with Gasteiger partial charge in [-0.2, -0.15) is 0 Å². The van der Waals surface area contributed by atoms with Crippen LogP contribution in [0.4, 0.5) is 4.39 Å². The minimum Gasteiger partial charge on any atom is -0.206 e. The fraction of sp³-hybridized carbons (Fsp3) is 0. The van der Waals surface area contributed by atoms with Gasteiger partial charge in [-0.05, 0) is 6.07 Å². The topological polar surface area (TPSA) is 0 Å². The number of rotatable bonds is 0. The molecule has 2 radical (unpaired) electrons. The lowest BCUT2D eigenvalue weighted by Crippen LogP contribution is -2.07. The molecular formula is C6H3BClF. The van der Waals surface area contributed by atoms with Crippen molar-refractivity contribution in [1.29, 1.82) is 0 Å². The van der Waals surface area contributed by atoms with E-state index in [-0.39, 0.29) is 10.5 Å². The third-order valence-corrected chi connectivity index (χ3v) is 1.27. The molecule has 0 aliphatic rings. The van der Waals surface area contributed by atoms with Gasteiger partial charge in [0, 0.05) is 0 Å². The zero-order chi connectivity index (χ0) is 6.85. The van der Waals surface area contributed by atoms with Crippen molar-refractivity contribution in [2.24, 2.45) is 0 Å². The van der Waals surface area contributed by atoms with Gasteiger partial charge >= 0.3 is 0 Å². The van der Waals surface area contributed by atoms with E-state index in [0.717, 1.165) is 0 Å². The van der Waals surface area contributed by atoms with E-state index in [4.69, 9.17) is 19.4 Å². The van der Waals surface area contributed by atoms with Gasteiger partial charge in [-0.3, -0.25) is 0 Å². The standard InChI is InChI=1S/C6H3BClF/c7-4-2-1-3-5(8)6(4)9/h1-3H. The summed E-state index contributed by atoms with van der Waals surface area (Å²) in [6, 6.07) is 4.51. The highest BCUT2D eigenvalue weighted by molar-refractivity contribution is 6.36. The van der Waals surface area contributed by atoms with E-state index in [2.05, 4.69) is 0 Å². The summed E-state index contributed by atoms with van der Waals surface area (Å²) in [5.41, 5.74) is 0.0856. The maximum Gasteiger partial charge on any atom is 0.134 e. The Morgan fingerprint density at radius 3 is 2.56 bits per heavy atom. The molecule has 0 atom stereocenters. The molecule has 1 aromatic carbocycles. The Labute approximate surface area is 59.1 Å². The van der Waals surface area contributed by atoms with Crippen LogP contribution >= 0.6 is 11.6 Å². The summed E-state index contributed by atoms with van der Waals surface area (Å²) < 4.78 is 12.5. The summed E-state index contributed by atoms with van der Waals surface area (Å²) in [5.74, 6) is -0.542. The molecule has 0 aliphatic carbocycles. The second-order valence-electron chi connectivity index (χ2n) is 1.64. The summed E-state index contributed by atoms with van der Waals surface area (Å²) in [4.78, 5) is 0. The molecule has 0 unspecified atom stereocenters. The molecule has 0 spiro atoms. The Morgan fingerprint density at radius 1 is 1.44 bits per heavy atom. The first-order valence-corrected chi connectivity index (χ1v) is 2.79. The molecule has 0 bridgehead atoms. The monoisotopic (exact) mass is 140 g/mol. The molecule has 0 amide bonds. The highest BCUT2D eigenvalue weighted by Gasteiger charge is 1.98. The smallest absolute Gasteiger partial charge is 0.134 e. The Balaban J connectivity index is 3.25. The minimum absolute atomic E-state index is 0.0648.